The van der Waals surface area contributed by atoms with Crippen molar-refractivity contribution in [3.8, 4) is 0 Å². The van der Waals surface area contributed by atoms with Crippen LogP contribution in [0.2, 0.25) is 0 Å². The van der Waals surface area contributed by atoms with Crippen LogP contribution in [0, 0.1) is 20.8 Å². The van der Waals surface area contributed by atoms with Crippen LogP contribution in [-0.4, -0.2) is 19.9 Å². The molecule has 0 bridgehead atoms. The first-order chi connectivity index (χ1) is 9.30. The molecule has 0 aliphatic rings. The average Bonchev–Trinajstić information content (AvgIpc) is 2.35. The van der Waals surface area contributed by atoms with Crippen LogP contribution in [0.1, 0.15) is 48.1 Å². The lowest BCUT2D eigenvalue weighted by atomic mass is 9.92. The van der Waals surface area contributed by atoms with Crippen molar-refractivity contribution in [1.29, 1.82) is 0 Å². The van der Waals surface area contributed by atoms with Gasteiger partial charge in [-0.25, -0.2) is 8.42 Å². The summed E-state index contributed by atoms with van der Waals surface area (Å²) in [5.74, 6) is 6.10. The topological polar surface area (TPSA) is 72.2 Å². The quantitative estimate of drug-likeness (QED) is 0.598. The highest BCUT2D eigenvalue weighted by molar-refractivity contribution is 7.91. The molecule has 3 N–H and O–H groups in total. The molecule has 0 spiro atoms. The molecule has 1 atom stereocenters. The van der Waals surface area contributed by atoms with Gasteiger partial charge in [-0.3, -0.25) is 11.3 Å². The SMILES string of the molecule is CCS(=O)(=O)CCCC(NN)c1c(C)cc(C)cc1C. The number of nitrogens with one attached hydrogen (secondary N) is 1. The Bertz CT molecular complexity index is 530. The van der Waals surface area contributed by atoms with E-state index in [1.807, 2.05) is 0 Å². The molecular formula is C15H26N2O2S. The number of hydrogen-bond acceptors (Lipinski definition) is 4. The molecule has 1 unspecified atom stereocenters. The van der Waals surface area contributed by atoms with Gasteiger partial charge in [0.05, 0.1) is 5.75 Å². The second kappa shape index (κ2) is 7.20. The van der Waals surface area contributed by atoms with Gasteiger partial charge in [-0.2, -0.15) is 0 Å². The summed E-state index contributed by atoms with van der Waals surface area (Å²) in [5, 5.41) is 0. The Balaban J connectivity index is 2.82. The Morgan fingerprint density at radius 3 is 2.20 bits per heavy atom. The highest BCUT2D eigenvalue weighted by Crippen LogP contribution is 2.26. The largest absolute Gasteiger partial charge is 0.271 e. The molecule has 0 amide bonds. The van der Waals surface area contributed by atoms with Gasteiger partial charge in [-0.15, -0.1) is 0 Å². The summed E-state index contributed by atoms with van der Waals surface area (Å²) >= 11 is 0. The van der Waals surface area contributed by atoms with Gasteiger partial charge in [-0.05, 0) is 50.3 Å². The molecule has 0 heterocycles. The molecule has 5 heteroatoms. The number of benzene rings is 1. The Kier molecular flexibility index (Phi) is 6.17. The van der Waals surface area contributed by atoms with Crippen LogP contribution >= 0.6 is 0 Å². The van der Waals surface area contributed by atoms with Crippen molar-refractivity contribution in [2.75, 3.05) is 11.5 Å². The van der Waals surface area contributed by atoms with Crippen molar-refractivity contribution >= 4 is 9.84 Å². The van der Waals surface area contributed by atoms with E-state index in [0.717, 1.165) is 6.42 Å². The number of rotatable bonds is 7. The van der Waals surface area contributed by atoms with Crippen LogP contribution in [0.4, 0.5) is 0 Å². The first-order valence-electron chi connectivity index (χ1n) is 7.05. The maximum Gasteiger partial charge on any atom is 0.150 e. The highest BCUT2D eigenvalue weighted by Gasteiger charge is 2.16. The molecule has 0 fully saturated rings. The predicted molar refractivity (Wildman–Crippen MR) is 84.3 cm³/mol. The molecule has 0 aliphatic heterocycles. The molecule has 0 aliphatic carbocycles. The van der Waals surface area contributed by atoms with Gasteiger partial charge in [-0.1, -0.05) is 24.6 Å². The van der Waals surface area contributed by atoms with Crippen LogP contribution < -0.4 is 11.3 Å². The van der Waals surface area contributed by atoms with E-state index in [-0.39, 0.29) is 17.5 Å². The summed E-state index contributed by atoms with van der Waals surface area (Å²) < 4.78 is 23.1. The van der Waals surface area contributed by atoms with E-state index in [9.17, 15) is 8.42 Å². The maximum atomic E-state index is 11.5. The molecular weight excluding hydrogens is 272 g/mol. The summed E-state index contributed by atoms with van der Waals surface area (Å²) in [6.45, 7) is 7.90. The first-order valence-corrected chi connectivity index (χ1v) is 8.87. The zero-order chi connectivity index (χ0) is 15.3. The van der Waals surface area contributed by atoms with Gasteiger partial charge in [0.25, 0.3) is 0 Å². The molecule has 20 heavy (non-hydrogen) atoms. The molecule has 4 nitrogen and oxygen atoms in total. The third-order valence-electron chi connectivity index (χ3n) is 3.68. The zero-order valence-electron chi connectivity index (χ0n) is 12.9. The molecule has 0 radical (unpaired) electrons. The smallest absolute Gasteiger partial charge is 0.150 e. The number of sulfone groups is 1. The van der Waals surface area contributed by atoms with Crippen molar-refractivity contribution in [3.05, 3.63) is 34.4 Å². The van der Waals surface area contributed by atoms with Crippen LogP contribution in [0.15, 0.2) is 12.1 Å². The van der Waals surface area contributed by atoms with E-state index in [0.29, 0.717) is 6.42 Å². The fourth-order valence-electron chi connectivity index (χ4n) is 2.70. The molecule has 0 saturated heterocycles. The van der Waals surface area contributed by atoms with E-state index >= 15 is 0 Å². The summed E-state index contributed by atoms with van der Waals surface area (Å²) in [6, 6.07) is 4.27. The normalized spacial score (nSPS) is 13.4. The standard InChI is InChI=1S/C15H26N2O2S/c1-5-20(18,19)8-6-7-14(17-16)15-12(3)9-11(2)10-13(15)4/h9-10,14,17H,5-8,16H2,1-4H3. The van der Waals surface area contributed by atoms with Gasteiger partial charge in [0.1, 0.15) is 9.84 Å². The van der Waals surface area contributed by atoms with E-state index in [1.54, 1.807) is 6.92 Å². The number of nitrogens with two attached hydrogens (primary N) is 1. The zero-order valence-corrected chi connectivity index (χ0v) is 13.7. The summed E-state index contributed by atoms with van der Waals surface area (Å²) in [6.07, 6.45) is 1.35. The second-order valence-corrected chi connectivity index (χ2v) is 7.88. The number of aryl methyl sites for hydroxylation is 3. The third kappa shape index (κ3) is 4.58. The lowest BCUT2D eigenvalue weighted by Gasteiger charge is -2.21. The van der Waals surface area contributed by atoms with E-state index in [1.165, 1.54) is 22.3 Å². The fourth-order valence-corrected chi connectivity index (χ4v) is 3.60. The van der Waals surface area contributed by atoms with Gasteiger partial charge < -0.3 is 0 Å². The Morgan fingerprint density at radius 2 is 1.75 bits per heavy atom. The van der Waals surface area contributed by atoms with Crippen molar-refractivity contribution in [2.45, 2.75) is 46.6 Å². The first kappa shape index (κ1) is 17.1. The third-order valence-corrected chi connectivity index (χ3v) is 5.47. The lowest BCUT2D eigenvalue weighted by molar-refractivity contribution is 0.503. The predicted octanol–water partition coefficient (Wildman–Crippen LogP) is 2.33. The fraction of sp³-hybridized carbons (Fsp3) is 0.600. The lowest BCUT2D eigenvalue weighted by Crippen LogP contribution is -2.29. The maximum absolute atomic E-state index is 11.5. The highest BCUT2D eigenvalue weighted by atomic mass is 32.2. The van der Waals surface area contributed by atoms with Crippen LogP contribution in [-0.2, 0) is 9.84 Å². The van der Waals surface area contributed by atoms with Crippen molar-refractivity contribution in [3.63, 3.8) is 0 Å². The Labute approximate surface area is 122 Å². The van der Waals surface area contributed by atoms with Gasteiger partial charge in [0.2, 0.25) is 0 Å². The van der Waals surface area contributed by atoms with E-state index in [4.69, 9.17) is 5.84 Å². The van der Waals surface area contributed by atoms with Crippen LogP contribution in [0.25, 0.3) is 0 Å². The summed E-state index contributed by atoms with van der Waals surface area (Å²) in [4.78, 5) is 0. The van der Waals surface area contributed by atoms with E-state index in [2.05, 4.69) is 38.3 Å². The molecule has 1 aromatic carbocycles. The molecule has 0 aromatic heterocycles. The minimum absolute atomic E-state index is 0.00246. The minimum Gasteiger partial charge on any atom is -0.271 e. The minimum atomic E-state index is -2.90. The van der Waals surface area contributed by atoms with Crippen LogP contribution in [0.3, 0.4) is 0 Å². The molecule has 114 valence electrons. The van der Waals surface area contributed by atoms with Gasteiger partial charge in [0.15, 0.2) is 0 Å². The average molecular weight is 298 g/mol. The summed E-state index contributed by atoms with van der Waals surface area (Å²) in [5.41, 5.74) is 7.64. The van der Waals surface area contributed by atoms with Crippen molar-refractivity contribution < 1.29 is 8.42 Å². The van der Waals surface area contributed by atoms with Gasteiger partial charge >= 0.3 is 0 Å². The molecule has 1 aromatic rings. The Hall–Kier alpha value is -0.910. The molecule has 1 rings (SSSR count). The van der Waals surface area contributed by atoms with Gasteiger partial charge in [0, 0.05) is 11.8 Å². The monoisotopic (exact) mass is 298 g/mol. The Morgan fingerprint density at radius 1 is 1.20 bits per heavy atom. The van der Waals surface area contributed by atoms with Crippen molar-refractivity contribution in [2.24, 2.45) is 5.84 Å². The second-order valence-electron chi connectivity index (χ2n) is 5.41. The van der Waals surface area contributed by atoms with Crippen LogP contribution in [0.5, 0.6) is 0 Å². The number of hydrogen-bond donors (Lipinski definition) is 2. The summed E-state index contributed by atoms with van der Waals surface area (Å²) in [7, 11) is -2.90. The van der Waals surface area contributed by atoms with Crippen molar-refractivity contribution in [1.82, 2.24) is 5.43 Å². The molecule has 0 saturated carbocycles. The number of hydrazine groups is 1. The van der Waals surface area contributed by atoms with E-state index < -0.39 is 9.84 Å².